The molecule has 0 aliphatic rings. The summed E-state index contributed by atoms with van der Waals surface area (Å²) in [5.74, 6) is -0.657. The van der Waals surface area contributed by atoms with Crippen molar-refractivity contribution in [1.29, 1.82) is 0 Å². The molecule has 0 atom stereocenters. The van der Waals surface area contributed by atoms with Crippen LogP contribution in [0.25, 0.3) is 0 Å². The molecule has 110 valence electrons. The van der Waals surface area contributed by atoms with Crippen molar-refractivity contribution in [3.8, 4) is 0 Å². The van der Waals surface area contributed by atoms with E-state index in [0.717, 1.165) is 12.8 Å². The SMILES string of the molecule is C=C(C)C(=O)OC(C)(C)C.C=CC(=O)OCCCC. The number of hydrogen-bond donors (Lipinski definition) is 0. The van der Waals surface area contributed by atoms with Gasteiger partial charge >= 0.3 is 11.9 Å². The maximum absolute atomic E-state index is 10.8. The molecule has 0 aromatic carbocycles. The summed E-state index contributed by atoms with van der Waals surface area (Å²) in [4.78, 5) is 21.2. The Balaban J connectivity index is 0. The van der Waals surface area contributed by atoms with Crippen molar-refractivity contribution in [3.63, 3.8) is 0 Å². The van der Waals surface area contributed by atoms with Crippen molar-refractivity contribution < 1.29 is 19.1 Å². The Kier molecular flexibility index (Phi) is 10.8. The van der Waals surface area contributed by atoms with Gasteiger partial charge in [0.1, 0.15) is 5.60 Å². The summed E-state index contributed by atoms with van der Waals surface area (Å²) in [5.41, 5.74) is 0.0330. The molecule has 0 rings (SSSR count). The lowest BCUT2D eigenvalue weighted by Crippen LogP contribution is -2.23. The second kappa shape index (κ2) is 10.4. The van der Waals surface area contributed by atoms with E-state index < -0.39 is 5.60 Å². The van der Waals surface area contributed by atoms with Crippen molar-refractivity contribution in [3.05, 3.63) is 24.8 Å². The van der Waals surface area contributed by atoms with Gasteiger partial charge in [-0.2, -0.15) is 0 Å². The third kappa shape index (κ3) is 16.4. The van der Waals surface area contributed by atoms with Crippen LogP contribution in [0.3, 0.4) is 0 Å². The van der Waals surface area contributed by atoms with Crippen molar-refractivity contribution in [2.24, 2.45) is 0 Å². The van der Waals surface area contributed by atoms with Gasteiger partial charge in [0.15, 0.2) is 0 Å². The van der Waals surface area contributed by atoms with E-state index in [1.165, 1.54) is 6.08 Å². The Morgan fingerprint density at radius 1 is 1.26 bits per heavy atom. The Hall–Kier alpha value is -1.58. The van der Waals surface area contributed by atoms with E-state index in [1.807, 2.05) is 27.7 Å². The molecule has 0 fully saturated rings. The van der Waals surface area contributed by atoms with E-state index >= 15 is 0 Å². The topological polar surface area (TPSA) is 52.6 Å². The number of ether oxygens (including phenoxy) is 2. The highest BCUT2D eigenvalue weighted by Gasteiger charge is 2.15. The van der Waals surface area contributed by atoms with E-state index in [9.17, 15) is 9.59 Å². The Morgan fingerprint density at radius 2 is 1.79 bits per heavy atom. The van der Waals surface area contributed by atoms with Gasteiger partial charge in [-0.05, 0) is 34.1 Å². The predicted molar refractivity (Wildman–Crippen MR) is 76.7 cm³/mol. The van der Waals surface area contributed by atoms with Gasteiger partial charge in [0.2, 0.25) is 0 Å². The molecule has 0 amide bonds. The molecule has 0 aromatic heterocycles. The number of esters is 2. The molecule has 0 heterocycles. The average molecular weight is 270 g/mol. The average Bonchev–Trinajstić information content (AvgIpc) is 2.27. The second-order valence-electron chi connectivity index (χ2n) is 5.01. The molecule has 0 aliphatic heterocycles. The van der Waals surface area contributed by atoms with Crippen molar-refractivity contribution in [2.45, 2.75) is 53.1 Å². The molecule has 19 heavy (non-hydrogen) atoms. The molecule has 0 aromatic rings. The van der Waals surface area contributed by atoms with Crippen LogP contribution in [-0.4, -0.2) is 24.1 Å². The van der Waals surface area contributed by atoms with Crippen LogP contribution in [0.2, 0.25) is 0 Å². The smallest absolute Gasteiger partial charge is 0.333 e. The Morgan fingerprint density at radius 3 is 2.05 bits per heavy atom. The summed E-state index contributed by atoms with van der Waals surface area (Å²) < 4.78 is 9.64. The Labute approximate surface area is 116 Å². The first-order valence-electron chi connectivity index (χ1n) is 6.32. The van der Waals surface area contributed by atoms with E-state index in [1.54, 1.807) is 6.92 Å². The molecule has 4 heteroatoms. The van der Waals surface area contributed by atoms with Crippen LogP contribution in [-0.2, 0) is 19.1 Å². The lowest BCUT2D eigenvalue weighted by molar-refractivity contribution is -0.149. The normalized spacial score (nSPS) is 9.74. The van der Waals surface area contributed by atoms with Gasteiger partial charge in [0, 0.05) is 11.6 Å². The zero-order valence-corrected chi connectivity index (χ0v) is 12.7. The molecule has 0 spiro atoms. The summed E-state index contributed by atoms with van der Waals surface area (Å²) in [6.07, 6.45) is 3.15. The number of carbonyl (C=O) groups excluding carboxylic acids is 2. The fourth-order valence-corrected chi connectivity index (χ4v) is 0.741. The van der Waals surface area contributed by atoms with Crippen molar-refractivity contribution in [2.75, 3.05) is 6.61 Å². The van der Waals surface area contributed by atoms with E-state index in [2.05, 4.69) is 17.9 Å². The van der Waals surface area contributed by atoms with Gasteiger partial charge < -0.3 is 9.47 Å². The standard InChI is InChI=1S/C8H14O2.C7H12O2/c1-6(2)7(9)10-8(3,4)5;1-3-5-6-9-7(8)4-2/h1H2,2-5H3;4H,2-3,5-6H2,1H3. The monoisotopic (exact) mass is 270 g/mol. The first-order valence-corrected chi connectivity index (χ1v) is 6.32. The summed E-state index contributed by atoms with van der Waals surface area (Å²) >= 11 is 0. The molecule has 0 saturated carbocycles. The van der Waals surface area contributed by atoms with Gasteiger partial charge in [-0.1, -0.05) is 26.5 Å². The van der Waals surface area contributed by atoms with Crippen LogP contribution < -0.4 is 0 Å². The van der Waals surface area contributed by atoms with Gasteiger partial charge in [0.25, 0.3) is 0 Å². The predicted octanol–water partition coefficient (Wildman–Crippen LogP) is 3.42. The summed E-state index contributed by atoms with van der Waals surface area (Å²) in [6, 6.07) is 0. The highest BCUT2D eigenvalue weighted by Crippen LogP contribution is 2.09. The van der Waals surface area contributed by atoms with Crippen LogP contribution in [0.4, 0.5) is 0 Å². The number of rotatable bonds is 5. The lowest BCUT2D eigenvalue weighted by Gasteiger charge is -2.19. The minimum atomic E-state index is -0.407. The van der Waals surface area contributed by atoms with Crippen LogP contribution >= 0.6 is 0 Å². The third-order valence-corrected chi connectivity index (χ3v) is 1.66. The third-order valence-electron chi connectivity index (χ3n) is 1.66. The molecule has 0 bridgehead atoms. The zero-order chi connectivity index (χ0) is 15.5. The fourth-order valence-electron chi connectivity index (χ4n) is 0.741. The Bertz CT molecular complexity index is 311. The van der Waals surface area contributed by atoms with Gasteiger partial charge in [-0.3, -0.25) is 0 Å². The first-order chi connectivity index (χ1) is 8.64. The maximum atomic E-state index is 10.8. The van der Waals surface area contributed by atoms with Crippen LogP contribution in [0.1, 0.15) is 47.5 Å². The quantitative estimate of drug-likeness (QED) is 0.436. The van der Waals surface area contributed by atoms with E-state index in [0.29, 0.717) is 12.2 Å². The summed E-state index contributed by atoms with van der Waals surface area (Å²) in [6.45, 7) is 16.4. The fraction of sp³-hybridized carbons (Fsp3) is 0.600. The number of unbranched alkanes of at least 4 members (excludes halogenated alkanes) is 1. The van der Waals surface area contributed by atoms with Gasteiger partial charge in [0.05, 0.1) is 6.61 Å². The maximum Gasteiger partial charge on any atom is 0.333 e. The second-order valence-corrected chi connectivity index (χ2v) is 5.01. The van der Waals surface area contributed by atoms with Crippen LogP contribution in [0, 0.1) is 0 Å². The molecule has 0 saturated heterocycles. The first kappa shape index (κ1) is 19.8. The minimum absolute atomic E-state index is 0.326. The molecule has 0 unspecified atom stereocenters. The van der Waals surface area contributed by atoms with E-state index in [-0.39, 0.29) is 11.9 Å². The van der Waals surface area contributed by atoms with Gasteiger partial charge in [-0.25, -0.2) is 9.59 Å². The molecule has 0 aliphatic carbocycles. The minimum Gasteiger partial charge on any atom is -0.463 e. The molecule has 0 radical (unpaired) electrons. The molecular weight excluding hydrogens is 244 g/mol. The largest absolute Gasteiger partial charge is 0.463 e. The highest BCUT2D eigenvalue weighted by molar-refractivity contribution is 5.87. The van der Waals surface area contributed by atoms with Crippen molar-refractivity contribution >= 4 is 11.9 Å². The molecular formula is C15H26O4. The van der Waals surface area contributed by atoms with Crippen LogP contribution in [0.15, 0.2) is 24.8 Å². The molecule has 4 nitrogen and oxygen atoms in total. The number of carbonyl (C=O) groups is 2. The van der Waals surface area contributed by atoms with Crippen LogP contribution in [0.5, 0.6) is 0 Å². The summed E-state index contributed by atoms with van der Waals surface area (Å²) in [5, 5.41) is 0. The van der Waals surface area contributed by atoms with E-state index in [4.69, 9.17) is 4.74 Å². The molecule has 0 N–H and O–H groups in total. The summed E-state index contributed by atoms with van der Waals surface area (Å²) in [7, 11) is 0. The van der Waals surface area contributed by atoms with Crippen molar-refractivity contribution in [1.82, 2.24) is 0 Å². The number of hydrogen-bond acceptors (Lipinski definition) is 4. The highest BCUT2D eigenvalue weighted by atomic mass is 16.6. The lowest BCUT2D eigenvalue weighted by atomic mass is 10.2. The van der Waals surface area contributed by atoms with Gasteiger partial charge in [-0.15, -0.1) is 0 Å². The zero-order valence-electron chi connectivity index (χ0n) is 12.7.